The maximum Gasteiger partial charge on any atom is 0.573 e. The lowest BCUT2D eigenvalue weighted by molar-refractivity contribution is -0.274. The molecule has 3 aromatic rings. The Morgan fingerprint density at radius 1 is 0.853 bits per heavy atom. The summed E-state index contributed by atoms with van der Waals surface area (Å²) in [4.78, 5) is 11.5. The van der Waals surface area contributed by atoms with E-state index in [9.17, 15) is 40.6 Å². The second-order valence-electron chi connectivity index (χ2n) is 6.64. The third kappa shape index (κ3) is 6.09. The van der Waals surface area contributed by atoms with Gasteiger partial charge in [0.25, 0.3) is 0 Å². The van der Waals surface area contributed by atoms with Gasteiger partial charge in [-0.05, 0) is 29.8 Å². The fraction of sp³-hybridized carbons (Fsp3) is 0.136. The fourth-order valence-corrected chi connectivity index (χ4v) is 2.83. The van der Waals surface area contributed by atoms with Crippen molar-refractivity contribution in [3.05, 3.63) is 83.2 Å². The number of carboxylic acid groups (broad SMARTS) is 1. The zero-order valence-electron chi connectivity index (χ0n) is 16.7. The van der Waals surface area contributed by atoms with Crippen LogP contribution in [0.15, 0.2) is 60.7 Å². The first-order chi connectivity index (χ1) is 15.8. The quantitative estimate of drug-likeness (QED) is 0.369. The number of aromatic carboxylic acids is 1. The van der Waals surface area contributed by atoms with Gasteiger partial charge in [-0.2, -0.15) is 13.2 Å². The van der Waals surface area contributed by atoms with E-state index < -0.39 is 59.3 Å². The van der Waals surface area contributed by atoms with Crippen LogP contribution in [0.25, 0.3) is 0 Å². The topological polar surface area (TPSA) is 65.0 Å². The highest BCUT2D eigenvalue weighted by molar-refractivity contribution is 5.92. The van der Waals surface area contributed by atoms with E-state index >= 15 is 0 Å². The first-order valence-corrected chi connectivity index (χ1v) is 9.22. The van der Waals surface area contributed by atoms with Crippen LogP contribution in [0, 0.1) is 5.82 Å². The third-order valence-corrected chi connectivity index (χ3v) is 4.21. The molecule has 0 aliphatic carbocycles. The maximum atomic E-state index is 14.8. The molecule has 0 radical (unpaired) electrons. The molecule has 0 aliphatic rings. The highest BCUT2D eigenvalue weighted by Gasteiger charge is 2.42. The van der Waals surface area contributed by atoms with Gasteiger partial charge in [0.1, 0.15) is 40.7 Å². The van der Waals surface area contributed by atoms with Gasteiger partial charge in [-0.15, -0.1) is 13.2 Å². The molecule has 0 heterocycles. The Bertz CT molecular complexity index is 1160. The fourth-order valence-electron chi connectivity index (χ4n) is 2.83. The van der Waals surface area contributed by atoms with E-state index in [1.54, 1.807) is 18.2 Å². The van der Waals surface area contributed by atoms with Crippen molar-refractivity contribution in [3.8, 4) is 23.0 Å². The summed E-state index contributed by atoms with van der Waals surface area (Å²) in [6, 6.07) is 12.0. The molecule has 12 heteroatoms. The predicted octanol–water partition coefficient (Wildman–Crippen LogP) is 6.81. The van der Waals surface area contributed by atoms with Crippen molar-refractivity contribution in [2.75, 3.05) is 0 Å². The second-order valence-corrected chi connectivity index (χ2v) is 6.64. The summed E-state index contributed by atoms with van der Waals surface area (Å²) in [6.07, 6.45) is -10.3. The van der Waals surface area contributed by atoms with E-state index in [2.05, 4.69) is 4.74 Å². The minimum atomic E-state index is -5.31. The minimum Gasteiger partial charge on any atom is -0.488 e. The van der Waals surface area contributed by atoms with Crippen LogP contribution >= 0.6 is 0 Å². The van der Waals surface area contributed by atoms with E-state index in [1.165, 1.54) is 12.1 Å². The lowest BCUT2D eigenvalue weighted by Gasteiger charge is -2.19. The number of carbonyl (C=O) groups is 1. The summed E-state index contributed by atoms with van der Waals surface area (Å²) in [7, 11) is 0. The van der Waals surface area contributed by atoms with Crippen molar-refractivity contribution < 1.29 is 54.8 Å². The molecule has 1 N–H and O–H groups in total. The Hall–Kier alpha value is -3.96. The Morgan fingerprint density at radius 2 is 1.44 bits per heavy atom. The Balaban J connectivity index is 2.01. The van der Waals surface area contributed by atoms with Crippen LogP contribution in [0.3, 0.4) is 0 Å². The number of ether oxygens (including phenoxy) is 3. The number of alkyl halides is 6. The third-order valence-electron chi connectivity index (χ3n) is 4.21. The van der Waals surface area contributed by atoms with Gasteiger partial charge in [0.15, 0.2) is 5.82 Å². The number of halogens is 7. The summed E-state index contributed by atoms with van der Waals surface area (Å²) in [5, 5.41) is 9.31. The molecule has 180 valence electrons. The molecule has 0 atom stereocenters. The van der Waals surface area contributed by atoms with E-state index in [-0.39, 0.29) is 5.75 Å². The zero-order valence-corrected chi connectivity index (χ0v) is 16.7. The molecule has 0 unspecified atom stereocenters. The maximum absolute atomic E-state index is 14.8. The average Bonchev–Trinajstić information content (AvgIpc) is 2.72. The van der Waals surface area contributed by atoms with Crippen LogP contribution < -0.4 is 14.2 Å². The van der Waals surface area contributed by atoms with Crippen LogP contribution in [-0.2, 0) is 12.8 Å². The van der Waals surface area contributed by atoms with Crippen molar-refractivity contribution in [1.29, 1.82) is 0 Å². The van der Waals surface area contributed by atoms with Gasteiger partial charge in [-0.25, -0.2) is 9.18 Å². The minimum absolute atomic E-state index is 0.301. The Kier molecular flexibility index (Phi) is 6.89. The van der Waals surface area contributed by atoms with Crippen molar-refractivity contribution >= 4 is 5.97 Å². The van der Waals surface area contributed by atoms with Crippen LogP contribution in [0.2, 0.25) is 0 Å². The molecule has 34 heavy (non-hydrogen) atoms. The number of hydrogen-bond donors (Lipinski definition) is 1. The highest BCUT2D eigenvalue weighted by Crippen LogP contribution is 2.44. The summed E-state index contributed by atoms with van der Waals surface area (Å²) in [5.41, 5.74) is -2.93. The predicted molar refractivity (Wildman–Crippen MR) is 102 cm³/mol. The van der Waals surface area contributed by atoms with Gasteiger partial charge in [-0.1, -0.05) is 30.3 Å². The SMILES string of the molecule is O=C(O)c1c(Oc2ccc(OC(F)(F)F)cc2)cc(OCc2ccccc2)c(C(F)(F)F)c1F. The average molecular weight is 490 g/mol. The Morgan fingerprint density at radius 3 is 1.97 bits per heavy atom. The summed E-state index contributed by atoms with van der Waals surface area (Å²) >= 11 is 0. The van der Waals surface area contributed by atoms with E-state index in [0.29, 0.717) is 11.6 Å². The van der Waals surface area contributed by atoms with Gasteiger partial charge in [0.05, 0.1) is 0 Å². The Labute approximate surface area is 186 Å². The highest BCUT2D eigenvalue weighted by atomic mass is 19.4. The number of rotatable bonds is 7. The monoisotopic (exact) mass is 490 g/mol. The van der Waals surface area contributed by atoms with E-state index in [1.807, 2.05) is 0 Å². The molecular formula is C22H13F7O5. The molecule has 0 bridgehead atoms. The summed E-state index contributed by atoms with van der Waals surface area (Å²) in [5.74, 6) is -7.03. The number of carboxylic acids is 1. The summed E-state index contributed by atoms with van der Waals surface area (Å²) < 4.78 is 106. The first-order valence-electron chi connectivity index (χ1n) is 9.22. The van der Waals surface area contributed by atoms with Crippen molar-refractivity contribution in [1.82, 2.24) is 0 Å². The van der Waals surface area contributed by atoms with Gasteiger partial charge in [0.2, 0.25) is 0 Å². The lowest BCUT2D eigenvalue weighted by Crippen LogP contribution is -2.17. The van der Waals surface area contributed by atoms with Crippen molar-refractivity contribution in [2.24, 2.45) is 0 Å². The van der Waals surface area contributed by atoms with Crippen LogP contribution in [0.1, 0.15) is 21.5 Å². The molecule has 0 aromatic heterocycles. The van der Waals surface area contributed by atoms with Gasteiger partial charge >= 0.3 is 18.5 Å². The second kappa shape index (κ2) is 9.49. The van der Waals surface area contributed by atoms with Crippen LogP contribution in [0.5, 0.6) is 23.0 Å². The molecule has 0 fully saturated rings. The van der Waals surface area contributed by atoms with E-state index in [4.69, 9.17) is 9.47 Å². The molecule has 3 rings (SSSR count). The zero-order chi connectivity index (χ0) is 25.1. The standard InChI is InChI=1S/C22H13F7O5/c23-19-17(20(30)31)15(33-13-6-8-14(9-7-13)34-22(27,28)29)10-16(18(19)21(24,25)26)32-11-12-4-2-1-3-5-12/h1-10H,11H2,(H,30,31). The summed E-state index contributed by atoms with van der Waals surface area (Å²) in [6.45, 7) is -0.404. The van der Waals surface area contributed by atoms with Crippen molar-refractivity contribution in [2.45, 2.75) is 19.1 Å². The normalized spacial score (nSPS) is 11.7. The first kappa shape index (κ1) is 24.7. The van der Waals surface area contributed by atoms with Crippen LogP contribution in [0.4, 0.5) is 30.7 Å². The van der Waals surface area contributed by atoms with Crippen LogP contribution in [-0.4, -0.2) is 17.4 Å². The number of benzene rings is 3. The largest absolute Gasteiger partial charge is 0.573 e. The molecule has 5 nitrogen and oxygen atoms in total. The molecule has 0 amide bonds. The van der Waals surface area contributed by atoms with Gasteiger partial charge in [-0.3, -0.25) is 0 Å². The molecule has 0 saturated heterocycles. The molecule has 0 spiro atoms. The molecular weight excluding hydrogens is 477 g/mol. The number of hydrogen-bond acceptors (Lipinski definition) is 4. The molecule has 3 aromatic carbocycles. The van der Waals surface area contributed by atoms with E-state index in [0.717, 1.165) is 24.3 Å². The lowest BCUT2D eigenvalue weighted by atomic mass is 10.1. The molecule has 0 aliphatic heterocycles. The van der Waals surface area contributed by atoms with Gasteiger partial charge < -0.3 is 19.3 Å². The van der Waals surface area contributed by atoms with Gasteiger partial charge in [0, 0.05) is 6.07 Å². The smallest absolute Gasteiger partial charge is 0.488 e. The molecule has 0 saturated carbocycles. The van der Waals surface area contributed by atoms with Crippen molar-refractivity contribution in [3.63, 3.8) is 0 Å².